The first-order valence-corrected chi connectivity index (χ1v) is 7.96. The van der Waals surface area contributed by atoms with Gasteiger partial charge in [-0.05, 0) is 79.0 Å². The summed E-state index contributed by atoms with van der Waals surface area (Å²) in [4.78, 5) is 11.5. The molecular weight excluding hydrogens is 293 g/mol. The zero-order valence-corrected chi connectivity index (χ0v) is 12.9. The number of aryl methyl sites for hydroxylation is 2. The number of hydrogen-bond donors (Lipinski definition) is 2. The van der Waals surface area contributed by atoms with E-state index in [4.69, 9.17) is 5.21 Å². The largest absolute Gasteiger partial charge is 0.288 e. The molecule has 3 rings (SSSR count). The predicted octanol–water partition coefficient (Wildman–Crippen LogP) is 3.68. The second-order valence-corrected chi connectivity index (χ2v) is 6.20. The van der Waals surface area contributed by atoms with Crippen LogP contribution < -0.4 is 5.48 Å². The molecule has 0 heterocycles. The highest BCUT2D eigenvalue weighted by Crippen LogP contribution is 2.29. The van der Waals surface area contributed by atoms with Crippen LogP contribution in [0, 0.1) is 11.7 Å². The van der Waals surface area contributed by atoms with Gasteiger partial charge in [0.15, 0.2) is 0 Å². The number of hydrogen-bond acceptors (Lipinski definition) is 2. The monoisotopic (exact) mass is 313 g/mol. The van der Waals surface area contributed by atoms with Gasteiger partial charge in [0.25, 0.3) is 5.91 Å². The SMILES string of the molecule is O=C(NO)c1ccc2c(c1)CCC(CCc1cccc(F)c1)C2. The lowest BCUT2D eigenvalue weighted by molar-refractivity contribution is 0.0706. The molecule has 2 aromatic rings. The number of halogens is 1. The first kappa shape index (κ1) is 15.7. The summed E-state index contributed by atoms with van der Waals surface area (Å²) < 4.78 is 13.2. The minimum atomic E-state index is -0.471. The Morgan fingerprint density at radius 1 is 1.22 bits per heavy atom. The van der Waals surface area contributed by atoms with Crippen LogP contribution >= 0.6 is 0 Å². The molecule has 0 saturated heterocycles. The fourth-order valence-electron chi connectivity index (χ4n) is 3.35. The van der Waals surface area contributed by atoms with Crippen molar-refractivity contribution in [2.75, 3.05) is 0 Å². The summed E-state index contributed by atoms with van der Waals surface area (Å²) >= 11 is 0. The summed E-state index contributed by atoms with van der Waals surface area (Å²) in [5.74, 6) is -0.0597. The Morgan fingerprint density at radius 2 is 2.09 bits per heavy atom. The average Bonchev–Trinajstić information content (AvgIpc) is 2.58. The van der Waals surface area contributed by atoms with Crippen LogP contribution in [0.5, 0.6) is 0 Å². The molecule has 1 atom stereocenters. The Balaban J connectivity index is 1.63. The summed E-state index contributed by atoms with van der Waals surface area (Å²) in [6.45, 7) is 0. The van der Waals surface area contributed by atoms with Crippen molar-refractivity contribution in [1.29, 1.82) is 0 Å². The topological polar surface area (TPSA) is 49.3 Å². The molecular formula is C19H20FNO2. The highest BCUT2D eigenvalue weighted by Gasteiger charge is 2.19. The maximum absolute atomic E-state index is 13.2. The number of carbonyl (C=O) groups excluding carboxylic acids is 1. The number of hydroxylamine groups is 1. The fourth-order valence-corrected chi connectivity index (χ4v) is 3.35. The molecule has 1 unspecified atom stereocenters. The lowest BCUT2D eigenvalue weighted by Gasteiger charge is -2.25. The first-order chi connectivity index (χ1) is 11.2. The van der Waals surface area contributed by atoms with E-state index < -0.39 is 5.91 Å². The van der Waals surface area contributed by atoms with Gasteiger partial charge in [-0.15, -0.1) is 0 Å². The van der Waals surface area contributed by atoms with Gasteiger partial charge in [-0.3, -0.25) is 10.0 Å². The number of fused-ring (bicyclic) bond motifs is 1. The molecule has 0 aromatic heterocycles. The van der Waals surface area contributed by atoms with Crippen LogP contribution in [-0.4, -0.2) is 11.1 Å². The van der Waals surface area contributed by atoms with E-state index in [-0.39, 0.29) is 5.82 Å². The van der Waals surface area contributed by atoms with Crippen molar-refractivity contribution in [3.63, 3.8) is 0 Å². The predicted molar refractivity (Wildman–Crippen MR) is 85.9 cm³/mol. The summed E-state index contributed by atoms with van der Waals surface area (Å²) in [5, 5.41) is 8.71. The van der Waals surface area contributed by atoms with Crippen LogP contribution in [0.1, 0.15) is 39.9 Å². The van der Waals surface area contributed by atoms with Crippen LogP contribution in [0.3, 0.4) is 0 Å². The molecule has 2 aromatic carbocycles. The maximum Gasteiger partial charge on any atom is 0.274 e. The van der Waals surface area contributed by atoms with Gasteiger partial charge in [0.1, 0.15) is 5.82 Å². The number of rotatable bonds is 4. The Labute approximate surface area is 135 Å². The fraction of sp³-hybridized carbons (Fsp3) is 0.316. The van der Waals surface area contributed by atoms with E-state index in [9.17, 15) is 9.18 Å². The third-order valence-corrected chi connectivity index (χ3v) is 4.63. The lowest BCUT2D eigenvalue weighted by atomic mass is 9.80. The van der Waals surface area contributed by atoms with Gasteiger partial charge in [0.2, 0.25) is 0 Å². The van der Waals surface area contributed by atoms with Crippen LogP contribution in [0.15, 0.2) is 42.5 Å². The van der Waals surface area contributed by atoms with Crippen molar-refractivity contribution in [2.24, 2.45) is 5.92 Å². The van der Waals surface area contributed by atoms with E-state index in [1.807, 2.05) is 18.2 Å². The van der Waals surface area contributed by atoms with Gasteiger partial charge in [-0.2, -0.15) is 0 Å². The summed E-state index contributed by atoms with van der Waals surface area (Å²) in [6.07, 6.45) is 4.94. The Morgan fingerprint density at radius 3 is 2.87 bits per heavy atom. The second-order valence-electron chi connectivity index (χ2n) is 6.20. The van der Waals surface area contributed by atoms with Crippen molar-refractivity contribution in [1.82, 2.24) is 5.48 Å². The van der Waals surface area contributed by atoms with E-state index >= 15 is 0 Å². The highest BCUT2D eigenvalue weighted by molar-refractivity contribution is 5.93. The van der Waals surface area contributed by atoms with Gasteiger partial charge in [0.05, 0.1) is 0 Å². The molecule has 4 heteroatoms. The molecule has 0 fully saturated rings. The minimum Gasteiger partial charge on any atom is -0.288 e. The summed E-state index contributed by atoms with van der Waals surface area (Å²) in [6, 6.07) is 12.4. The third kappa shape index (κ3) is 3.77. The molecule has 0 bridgehead atoms. The van der Waals surface area contributed by atoms with Gasteiger partial charge in [0, 0.05) is 5.56 Å². The van der Waals surface area contributed by atoms with Crippen molar-refractivity contribution in [3.05, 3.63) is 70.5 Å². The van der Waals surface area contributed by atoms with Crippen molar-refractivity contribution >= 4 is 5.91 Å². The lowest BCUT2D eigenvalue weighted by Crippen LogP contribution is -2.20. The standard InChI is InChI=1S/C19H20FNO2/c20-18-3-1-2-13(11-18)4-5-14-6-7-16-12-17(19(22)21-23)9-8-15(16)10-14/h1-3,8-9,11-12,14,23H,4-7,10H2,(H,21,22). The normalized spacial score (nSPS) is 16.7. The number of carbonyl (C=O) groups is 1. The average molecular weight is 313 g/mol. The Bertz CT molecular complexity index is 714. The second kappa shape index (κ2) is 6.92. The van der Waals surface area contributed by atoms with Gasteiger partial charge >= 0.3 is 0 Å². The van der Waals surface area contributed by atoms with E-state index in [0.717, 1.165) is 37.7 Å². The van der Waals surface area contributed by atoms with Crippen LogP contribution in [-0.2, 0) is 19.3 Å². The van der Waals surface area contributed by atoms with Crippen LogP contribution in [0.2, 0.25) is 0 Å². The number of amides is 1. The maximum atomic E-state index is 13.2. The zero-order chi connectivity index (χ0) is 16.2. The van der Waals surface area contributed by atoms with Crippen molar-refractivity contribution in [3.8, 4) is 0 Å². The number of benzene rings is 2. The molecule has 1 amide bonds. The highest BCUT2D eigenvalue weighted by atomic mass is 19.1. The summed E-state index contributed by atoms with van der Waals surface area (Å²) in [7, 11) is 0. The molecule has 0 spiro atoms. The molecule has 120 valence electrons. The molecule has 1 aliphatic rings. The quantitative estimate of drug-likeness (QED) is 0.668. The molecule has 0 aliphatic heterocycles. The molecule has 0 radical (unpaired) electrons. The van der Waals surface area contributed by atoms with Gasteiger partial charge in [-0.1, -0.05) is 18.2 Å². The molecule has 3 nitrogen and oxygen atoms in total. The Hall–Kier alpha value is -2.20. The smallest absolute Gasteiger partial charge is 0.274 e. The zero-order valence-electron chi connectivity index (χ0n) is 12.9. The minimum absolute atomic E-state index is 0.175. The van der Waals surface area contributed by atoms with Crippen LogP contribution in [0.4, 0.5) is 4.39 Å². The number of nitrogens with one attached hydrogen (secondary N) is 1. The molecule has 0 saturated carbocycles. The van der Waals surface area contributed by atoms with Gasteiger partial charge < -0.3 is 0 Å². The first-order valence-electron chi connectivity index (χ1n) is 7.96. The molecule has 2 N–H and O–H groups in total. The Kier molecular flexibility index (Phi) is 4.72. The van der Waals surface area contributed by atoms with Crippen molar-refractivity contribution in [2.45, 2.75) is 32.1 Å². The summed E-state index contributed by atoms with van der Waals surface area (Å²) in [5.41, 5.74) is 5.67. The molecule has 1 aliphatic carbocycles. The van der Waals surface area contributed by atoms with E-state index in [0.29, 0.717) is 11.5 Å². The third-order valence-electron chi connectivity index (χ3n) is 4.63. The van der Waals surface area contributed by atoms with E-state index in [1.165, 1.54) is 17.2 Å². The van der Waals surface area contributed by atoms with Gasteiger partial charge in [-0.25, -0.2) is 9.87 Å². The van der Waals surface area contributed by atoms with Crippen LogP contribution in [0.25, 0.3) is 0 Å². The van der Waals surface area contributed by atoms with E-state index in [1.54, 1.807) is 23.7 Å². The molecule has 23 heavy (non-hydrogen) atoms. The van der Waals surface area contributed by atoms with Crippen molar-refractivity contribution < 1.29 is 14.4 Å². The van der Waals surface area contributed by atoms with E-state index in [2.05, 4.69) is 0 Å².